The molecule has 2 aromatic rings. The van der Waals surface area contributed by atoms with E-state index < -0.39 is 17.6 Å². The number of benzene rings is 1. The molecule has 0 radical (unpaired) electrons. The van der Waals surface area contributed by atoms with Crippen molar-refractivity contribution in [2.24, 2.45) is 5.92 Å². The van der Waals surface area contributed by atoms with Crippen molar-refractivity contribution in [3.8, 4) is 0 Å². The van der Waals surface area contributed by atoms with E-state index in [2.05, 4.69) is 4.98 Å². The first-order valence-electron chi connectivity index (χ1n) is 7.93. The SMILES string of the molecule is O=C(c1ccc(F)cc1)C1CCN(c2ncccc2C(F)(F)F)CC1. The smallest absolute Gasteiger partial charge is 0.356 e. The molecule has 132 valence electrons. The van der Waals surface area contributed by atoms with Crippen LogP contribution in [0.3, 0.4) is 0 Å². The molecule has 1 aromatic carbocycles. The number of hydrogen-bond acceptors (Lipinski definition) is 3. The number of rotatable bonds is 3. The maximum atomic E-state index is 13.1. The molecule has 0 spiro atoms. The molecule has 0 amide bonds. The first-order chi connectivity index (χ1) is 11.9. The third kappa shape index (κ3) is 3.81. The van der Waals surface area contributed by atoms with Gasteiger partial charge in [-0.15, -0.1) is 0 Å². The predicted octanol–water partition coefficient (Wildman–Crippen LogP) is 4.34. The summed E-state index contributed by atoms with van der Waals surface area (Å²) in [5.74, 6) is -0.889. The van der Waals surface area contributed by atoms with Crippen molar-refractivity contribution in [2.45, 2.75) is 19.0 Å². The number of carbonyl (C=O) groups excluding carboxylic acids is 1. The minimum absolute atomic E-state index is 0.0947. The van der Waals surface area contributed by atoms with Gasteiger partial charge in [0.25, 0.3) is 0 Å². The molecule has 1 fully saturated rings. The van der Waals surface area contributed by atoms with Gasteiger partial charge in [0.15, 0.2) is 5.78 Å². The van der Waals surface area contributed by atoms with Crippen LogP contribution >= 0.6 is 0 Å². The van der Waals surface area contributed by atoms with Gasteiger partial charge >= 0.3 is 6.18 Å². The lowest BCUT2D eigenvalue weighted by atomic mass is 9.89. The predicted molar refractivity (Wildman–Crippen MR) is 84.9 cm³/mol. The normalized spacial score (nSPS) is 16.1. The number of carbonyl (C=O) groups is 1. The molecule has 0 aliphatic carbocycles. The zero-order valence-electron chi connectivity index (χ0n) is 13.3. The Morgan fingerprint density at radius 1 is 1.08 bits per heavy atom. The highest BCUT2D eigenvalue weighted by molar-refractivity contribution is 5.98. The van der Waals surface area contributed by atoms with E-state index in [1.165, 1.54) is 36.5 Å². The monoisotopic (exact) mass is 352 g/mol. The Labute approximate surface area is 142 Å². The van der Waals surface area contributed by atoms with Crippen LogP contribution in [0.15, 0.2) is 42.6 Å². The van der Waals surface area contributed by atoms with E-state index >= 15 is 0 Å². The van der Waals surface area contributed by atoms with Crippen molar-refractivity contribution in [2.75, 3.05) is 18.0 Å². The van der Waals surface area contributed by atoms with Crippen LogP contribution in [-0.2, 0) is 6.18 Å². The van der Waals surface area contributed by atoms with Gasteiger partial charge in [-0.1, -0.05) is 0 Å². The lowest BCUT2D eigenvalue weighted by Gasteiger charge is -2.33. The lowest BCUT2D eigenvalue weighted by molar-refractivity contribution is -0.137. The van der Waals surface area contributed by atoms with Crippen LogP contribution in [0.4, 0.5) is 23.4 Å². The van der Waals surface area contributed by atoms with Gasteiger partial charge in [0.1, 0.15) is 11.6 Å². The van der Waals surface area contributed by atoms with Crippen LogP contribution in [0, 0.1) is 11.7 Å². The average molecular weight is 352 g/mol. The van der Waals surface area contributed by atoms with E-state index in [4.69, 9.17) is 0 Å². The van der Waals surface area contributed by atoms with Gasteiger partial charge in [-0.05, 0) is 49.2 Å². The summed E-state index contributed by atoms with van der Waals surface area (Å²) in [4.78, 5) is 17.9. The summed E-state index contributed by atoms with van der Waals surface area (Å²) < 4.78 is 52.3. The summed E-state index contributed by atoms with van der Waals surface area (Å²) in [6, 6.07) is 7.60. The second-order valence-electron chi connectivity index (χ2n) is 6.00. The fourth-order valence-corrected chi connectivity index (χ4v) is 3.07. The van der Waals surface area contributed by atoms with Gasteiger partial charge in [0.05, 0.1) is 5.56 Å². The third-order valence-electron chi connectivity index (χ3n) is 4.39. The Hall–Kier alpha value is -2.44. The standard InChI is InChI=1S/C18H16F4N2O/c19-14-5-3-12(4-6-14)16(25)13-7-10-24(11-8-13)17-15(18(20,21)22)2-1-9-23-17/h1-6,9,13H,7-8,10-11H2. The summed E-state index contributed by atoms with van der Waals surface area (Å²) in [5.41, 5.74) is -0.341. The van der Waals surface area contributed by atoms with Crippen LogP contribution in [-0.4, -0.2) is 23.9 Å². The van der Waals surface area contributed by atoms with Crippen molar-refractivity contribution in [3.63, 3.8) is 0 Å². The van der Waals surface area contributed by atoms with Crippen molar-refractivity contribution < 1.29 is 22.4 Å². The molecular weight excluding hydrogens is 336 g/mol. The summed E-state index contributed by atoms with van der Waals surface area (Å²) in [7, 11) is 0. The molecule has 1 saturated heterocycles. The van der Waals surface area contributed by atoms with Gasteiger partial charge in [-0.2, -0.15) is 13.2 Å². The topological polar surface area (TPSA) is 33.2 Å². The summed E-state index contributed by atoms with van der Waals surface area (Å²) >= 11 is 0. The van der Waals surface area contributed by atoms with Crippen molar-refractivity contribution in [3.05, 3.63) is 59.5 Å². The van der Waals surface area contributed by atoms with Gasteiger partial charge in [-0.3, -0.25) is 4.79 Å². The van der Waals surface area contributed by atoms with Crippen LogP contribution < -0.4 is 4.90 Å². The summed E-state index contributed by atoms with van der Waals surface area (Å²) in [5, 5.41) is 0. The second-order valence-corrected chi connectivity index (χ2v) is 6.00. The Morgan fingerprint density at radius 2 is 1.72 bits per heavy atom. The average Bonchev–Trinajstić information content (AvgIpc) is 2.61. The van der Waals surface area contributed by atoms with E-state index in [0.29, 0.717) is 31.5 Å². The summed E-state index contributed by atoms with van der Waals surface area (Å²) in [6.45, 7) is 0.634. The van der Waals surface area contributed by atoms with Crippen LogP contribution in [0.2, 0.25) is 0 Å². The Kier molecular flexibility index (Phi) is 4.74. The molecule has 7 heteroatoms. The Bertz CT molecular complexity index is 750. The number of pyridine rings is 1. The van der Waals surface area contributed by atoms with Gasteiger partial charge in [-0.25, -0.2) is 9.37 Å². The molecule has 1 aromatic heterocycles. The number of piperidine rings is 1. The number of anilines is 1. The molecule has 0 saturated carbocycles. The molecule has 2 heterocycles. The van der Waals surface area contributed by atoms with Gasteiger partial charge in [0, 0.05) is 30.8 Å². The van der Waals surface area contributed by atoms with Crippen LogP contribution in [0.1, 0.15) is 28.8 Å². The number of Topliss-reactive ketones (excluding diaryl/α,β-unsaturated/α-hetero) is 1. The first kappa shape index (κ1) is 17.4. The largest absolute Gasteiger partial charge is 0.419 e. The fraction of sp³-hybridized carbons (Fsp3) is 0.333. The van der Waals surface area contributed by atoms with Crippen molar-refractivity contribution in [1.82, 2.24) is 4.98 Å². The number of nitrogens with zero attached hydrogens (tertiary/aromatic N) is 2. The highest BCUT2D eigenvalue weighted by Crippen LogP contribution is 2.36. The van der Waals surface area contributed by atoms with E-state index in [-0.39, 0.29) is 17.5 Å². The molecule has 3 nitrogen and oxygen atoms in total. The van der Waals surface area contributed by atoms with E-state index in [1.807, 2.05) is 0 Å². The number of halogens is 4. The first-order valence-corrected chi connectivity index (χ1v) is 7.93. The van der Waals surface area contributed by atoms with Crippen molar-refractivity contribution in [1.29, 1.82) is 0 Å². The zero-order valence-corrected chi connectivity index (χ0v) is 13.3. The number of ketones is 1. The van der Waals surface area contributed by atoms with E-state index in [0.717, 1.165) is 6.07 Å². The molecule has 0 bridgehead atoms. The Balaban J connectivity index is 1.70. The van der Waals surface area contributed by atoms with Gasteiger partial charge in [0.2, 0.25) is 0 Å². The van der Waals surface area contributed by atoms with E-state index in [9.17, 15) is 22.4 Å². The Morgan fingerprint density at radius 3 is 2.32 bits per heavy atom. The highest BCUT2D eigenvalue weighted by atomic mass is 19.4. The fourth-order valence-electron chi connectivity index (χ4n) is 3.07. The molecule has 0 N–H and O–H groups in total. The molecule has 0 atom stereocenters. The molecule has 3 rings (SSSR count). The number of alkyl halides is 3. The molecule has 1 aliphatic heterocycles. The minimum atomic E-state index is -4.47. The maximum absolute atomic E-state index is 13.1. The molecular formula is C18H16F4N2O. The lowest BCUT2D eigenvalue weighted by Crippen LogP contribution is -2.38. The molecule has 1 aliphatic rings. The quantitative estimate of drug-likeness (QED) is 0.609. The van der Waals surface area contributed by atoms with Crippen LogP contribution in [0.5, 0.6) is 0 Å². The van der Waals surface area contributed by atoms with E-state index in [1.54, 1.807) is 4.90 Å². The molecule has 25 heavy (non-hydrogen) atoms. The zero-order chi connectivity index (χ0) is 18.0. The number of hydrogen-bond donors (Lipinski definition) is 0. The third-order valence-corrected chi connectivity index (χ3v) is 4.39. The maximum Gasteiger partial charge on any atom is 0.419 e. The summed E-state index contributed by atoms with van der Waals surface area (Å²) in [6.07, 6.45) is -2.27. The molecule has 0 unspecified atom stereocenters. The highest BCUT2D eigenvalue weighted by Gasteiger charge is 2.37. The van der Waals surface area contributed by atoms with Gasteiger partial charge < -0.3 is 4.90 Å². The second kappa shape index (κ2) is 6.82. The van der Waals surface area contributed by atoms with Crippen LogP contribution in [0.25, 0.3) is 0 Å². The minimum Gasteiger partial charge on any atom is -0.356 e. The van der Waals surface area contributed by atoms with Crippen molar-refractivity contribution >= 4 is 11.6 Å². The number of aromatic nitrogens is 1.